The first-order valence-corrected chi connectivity index (χ1v) is 13.3. The zero-order valence-corrected chi connectivity index (χ0v) is 21.1. The number of anilines is 1. The first-order chi connectivity index (χ1) is 17.7. The molecular weight excluding hydrogens is 516 g/mol. The third-order valence-electron chi connectivity index (χ3n) is 6.14. The van der Waals surface area contributed by atoms with Crippen LogP contribution in [0.4, 0.5) is 11.4 Å². The summed E-state index contributed by atoms with van der Waals surface area (Å²) in [5.74, 6) is -0.301. The molecule has 1 aromatic heterocycles. The van der Waals surface area contributed by atoms with Gasteiger partial charge >= 0.3 is 0 Å². The lowest BCUT2D eigenvalue weighted by Gasteiger charge is -2.31. The summed E-state index contributed by atoms with van der Waals surface area (Å²) < 4.78 is 29.8. The molecule has 37 heavy (non-hydrogen) atoms. The van der Waals surface area contributed by atoms with Gasteiger partial charge in [0.05, 0.1) is 40.7 Å². The Morgan fingerprint density at radius 2 is 1.65 bits per heavy atom. The SMILES string of the molecule is NS(=O)(=O)c1ccc(N=Cc2c(O)n(-c3cc(Cl)ccc3N3CCOCC3)c(=O)c3ccccc23)cc1. The summed E-state index contributed by atoms with van der Waals surface area (Å²) in [5, 5.41) is 17.9. The Morgan fingerprint density at radius 1 is 0.973 bits per heavy atom. The summed E-state index contributed by atoms with van der Waals surface area (Å²) in [4.78, 5) is 20.1. The van der Waals surface area contributed by atoms with Gasteiger partial charge in [-0.05, 0) is 48.5 Å². The van der Waals surface area contributed by atoms with Crippen molar-refractivity contribution in [3.63, 3.8) is 0 Å². The topological polar surface area (TPSA) is 127 Å². The summed E-state index contributed by atoms with van der Waals surface area (Å²) in [6.07, 6.45) is 1.44. The number of hydrogen-bond donors (Lipinski definition) is 2. The van der Waals surface area contributed by atoms with E-state index in [2.05, 4.69) is 9.89 Å². The zero-order valence-electron chi connectivity index (χ0n) is 19.5. The largest absolute Gasteiger partial charge is 0.494 e. The summed E-state index contributed by atoms with van der Waals surface area (Å²) in [7, 11) is -3.83. The molecule has 0 atom stereocenters. The van der Waals surface area contributed by atoms with E-state index in [9.17, 15) is 18.3 Å². The van der Waals surface area contributed by atoms with Crippen LogP contribution in [0.25, 0.3) is 16.5 Å². The van der Waals surface area contributed by atoms with Crippen LogP contribution in [0.5, 0.6) is 5.88 Å². The fraction of sp³-hybridized carbons (Fsp3) is 0.154. The van der Waals surface area contributed by atoms with E-state index in [0.29, 0.717) is 59.0 Å². The molecule has 190 valence electrons. The molecule has 1 saturated heterocycles. The van der Waals surface area contributed by atoms with Crippen LogP contribution in [0, 0.1) is 0 Å². The number of morpholine rings is 1. The van der Waals surface area contributed by atoms with Crippen LogP contribution in [-0.2, 0) is 14.8 Å². The Hall–Kier alpha value is -3.70. The number of primary sulfonamides is 1. The second-order valence-corrected chi connectivity index (χ2v) is 10.5. The molecule has 11 heteroatoms. The quantitative estimate of drug-likeness (QED) is 0.374. The molecule has 4 aromatic rings. The summed E-state index contributed by atoms with van der Waals surface area (Å²) in [6.45, 7) is 2.34. The third kappa shape index (κ3) is 4.96. The van der Waals surface area contributed by atoms with Crippen molar-refractivity contribution < 1.29 is 18.3 Å². The van der Waals surface area contributed by atoms with Gasteiger partial charge in [-0.25, -0.2) is 18.1 Å². The number of pyridine rings is 1. The molecule has 0 saturated carbocycles. The van der Waals surface area contributed by atoms with Crippen molar-refractivity contribution in [1.29, 1.82) is 0 Å². The van der Waals surface area contributed by atoms with E-state index in [1.54, 1.807) is 36.4 Å². The van der Waals surface area contributed by atoms with Crippen molar-refractivity contribution >= 4 is 50.0 Å². The lowest BCUT2D eigenvalue weighted by atomic mass is 10.1. The number of nitrogens with zero attached hydrogens (tertiary/aromatic N) is 3. The number of aromatic nitrogens is 1. The molecular formula is C26H23ClN4O5S. The fourth-order valence-corrected chi connectivity index (χ4v) is 5.00. The van der Waals surface area contributed by atoms with Crippen molar-refractivity contribution in [2.24, 2.45) is 10.1 Å². The average Bonchev–Trinajstić information content (AvgIpc) is 2.89. The Morgan fingerprint density at radius 3 is 2.32 bits per heavy atom. The Kier molecular flexibility index (Phi) is 6.74. The van der Waals surface area contributed by atoms with Crippen LogP contribution < -0.4 is 15.6 Å². The van der Waals surface area contributed by atoms with E-state index in [-0.39, 0.29) is 10.8 Å². The maximum atomic E-state index is 13.7. The second-order valence-electron chi connectivity index (χ2n) is 8.45. The molecule has 3 N–H and O–H groups in total. The molecule has 5 rings (SSSR count). The van der Waals surface area contributed by atoms with Gasteiger partial charge < -0.3 is 14.7 Å². The average molecular weight is 539 g/mol. The van der Waals surface area contributed by atoms with Crippen molar-refractivity contribution in [2.45, 2.75) is 4.90 Å². The number of fused-ring (bicyclic) bond motifs is 1. The molecule has 0 amide bonds. The maximum absolute atomic E-state index is 13.7. The fourth-order valence-electron chi connectivity index (χ4n) is 4.32. The van der Waals surface area contributed by atoms with Gasteiger partial charge in [-0.15, -0.1) is 0 Å². The predicted molar refractivity (Wildman–Crippen MR) is 144 cm³/mol. The molecule has 0 spiro atoms. The van der Waals surface area contributed by atoms with Crippen LogP contribution in [0.15, 0.2) is 81.4 Å². The number of ether oxygens (including phenoxy) is 1. The van der Waals surface area contributed by atoms with E-state index in [1.165, 1.54) is 35.0 Å². The van der Waals surface area contributed by atoms with Crippen molar-refractivity contribution in [3.8, 4) is 11.6 Å². The normalized spacial score (nSPS) is 14.5. The molecule has 0 radical (unpaired) electrons. The number of nitrogens with two attached hydrogens (primary N) is 1. The lowest BCUT2D eigenvalue weighted by molar-refractivity contribution is 0.122. The number of benzene rings is 3. The van der Waals surface area contributed by atoms with Gasteiger partial charge in [-0.3, -0.25) is 9.79 Å². The minimum atomic E-state index is -3.83. The lowest BCUT2D eigenvalue weighted by Crippen LogP contribution is -2.37. The van der Waals surface area contributed by atoms with E-state index < -0.39 is 15.6 Å². The standard InChI is InChI=1S/C26H23ClN4O5S/c27-17-5-10-23(30-11-13-36-14-12-30)24(15-17)31-25(32)21-4-2-1-3-20(21)22(26(31)33)16-29-18-6-8-19(9-7-18)37(28,34)35/h1-10,15-16,33H,11-14H2,(H2,28,34,35). The van der Waals surface area contributed by atoms with Gasteiger partial charge in [0.25, 0.3) is 5.56 Å². The maximum Gasteiger partial charge on any atom is 0.265 e. The smallest absolute Gasteiger partial charge is 0.265 e. The molecule has 1 fully saturated rings. The summed E-state index contributed by atoms with van der Waals surface area (Å²) in [5.41, 5.74) is 1.53. The van der Waals surface area contributed by atoms with Crippen LogP contribution >= 0.6 is 11.6 Å². The Balaban J connectivity index is 1.69. The van der Waals surface area contributed by atoms with Gasteiger partial charge in [-0.1, -0.05) is 29.8 Å². The van der Waals surface area contributed by atoms with Crippen molar-refractivity contribution in [2.75, 3.05) is 31.2 Å². The van der Waals surface area contributed by atoms with E-state index >= 15 is 0 Å². The predicted octanol–water partition coefficient (Wildman–Crippen LogP) is 3.58. The molecule has 0 aliphatic carbocycles. The number of rotatable bonds is 5. The zero-order chi connectivity index (χ0) is 26.2. The van der Waals surface area contributed by atoms with Crippen LogP contribution in [0.3, 0.4) is 0 Å². The Labute approximate surface area is 218 Å². The van der Waals surface area contributed by atoms with Gasteiger partial charge in [0.15, 0.2) is 0 Å². The molecule has 3 aromatic carbocycles. The van der Waals surface area contributed by atoms with E-state index in [4.69, 9.17) is 21.5 Å². The number of hydrogen-bond acceptors (Lipinski definition) is 7. The van der Waals surface area contributed by atoms with Crippen LogP contribution in [0.2, 0.25) is 5.02 Å². The minimum absolute atomic E-state index is 0.0371. The highest BCUT2D eigenvalue weighted by Gasteiger charge is 2.22. The molecule has 9 nitrogen and oxygen atoms in total. The van der Waals surface area contributed by atoms with E-state index in [0.717, 1.165) is 5.69 Å². The summed E-state index contributed by atoms with van der Waals surface area (Å²) in [6, 6.07) is 17.8. The third-order valence-corrected chi connectivity index (χ3v) is 7.31. The van der Waals surface area contributed by atoms with Gasteiger partial charge in [0, 0.05) is 35.1 Å². The molecule has 0 unspecified atom stereocenters. The monoisotopic (exact) mass is 538 g/mol. The van der Waals surface area contributed by atoms with Crippen molar-refractivity contribution in [3.05, 3.63) is 87.7 Å². The minimum Gasteiger partial charge on any atom is -0.494 e. The molecule has 0 bridgehead atoms. The highest BCUT2D eigenvalue weighted by Crippen LogP contribution is 2.33. The highest BCUT2D eigenvalue weighted by atomic mass is 35.5. The number of aromatic hydroxyl groups is 1. The second kappa shape index (κ2) is 9.98. The van der Waals surface area contributed by atoms with Gasteiger partial charge in [-0.2, -0.15) is 0 Å². The molecule has 1 aliphatic rings. The number of halogens is 1. The number of sulfonamides is 1. The van der Waals surface area contributed by atoms with Crippen molar-refractivity contribution in [1.82, 2.24) is 4.57 Å². The Bertz CT molecular complexity index is 1680. The first-order valence-electron chi connectivity index (χ1n) is 11.4. The van der Waals surface area contributed by atoms with Crippen LogP contribution in [0.1, 0.15) is 5.56 Å². The number of aliphatic imine (C=N–C) groups is 1. The first kappa shape index (κ1) is 25.0. The van der Waals surface area contributed by atoms with Gasteiger partial charge in [0.1, 0.15) is 0 Å². The van der Waals surface area contributed by atoms with E-state index in [1.807, 2.05) is 6.07 Å². The highest BCUT2D eigenvalue weighted by molar-refractivity contribution is 7.89. The molecule has 2 heterocycles. The molecule has 1 aliphatic heterocycles. The van der Waals surface area contributed by atoms with Gasteiger partial charge in [0.2, 0.25) is 15.9 Å². The summed E-state index contributed by atoms with van der Waals surface area (Å²) >= 11 is 6.34. The van der Waals surface area contributed by atoms with Crippen LogP contribution in [-0.4, -0.2) is 50.6 Å².